The van der Waals surface area contributed by atoms with Crippen molar-refractivity contribution in [3.8, 4) is 0 Å². The summed E-state index contributed by atoms with van der Waals surface area (Å²) in [5.41, 5.74) is 1.35. The number of hydroxylamine groups is 1. The number of nitrogens with zero attached hydrogens (tertiary/aromatic N) is 1. The molecule has 1 heterocycles. The number of hydrogen-bond donors (Lipinski definition) is 3. The molecule has 0 bridgehead atoms. The second-order valence-electron chi connectivity index (χ2n) is 4.18. The van der Waals surface area contributed by atoms with Crippen LogP contribution < -0.4 is 11.0 Å². The van der Waals surface area contributed by atoms with Crippen LogP contribution in [0.5, 0.6) is 0 Å². The van der Waals surface area contributed by atoms with E-state index in [4.69, 9.17) is 5.11 Å². The summed E-state index contributed by atoms with van der Waals surface area (Å²) in [7, 11) is 0. The lowest BCUT2D eigenvalue weighted by molar-refractivity contribution is -0.144. The van der Waals surface area contributed by atoms with Gasteiger partial charge in [-0.1, -0.05) is 13.8 Å². The molecule has 8 heteroatoms. The van der Waals surface area contributed by atoms with Gasteiger partial charge in [0.1, 0.15) is 11.4 Å². The van der Waals surface area contributed by atoms with Crippen LogP contribution in [-0.2, 0) is 9.63 Å². The molecule has 1 amide bonds. The number of aliphatic carboxylic acids is 1. The first-order valence-corrected chi connectivity index (χ1v) is 5.57. The molecular formula is C11H15N3O5. The minimum atomic E-state index is -1.24. The summed E-state index contributed by atoms with van der Waals surface area (Å²) in [4.78, 5) is 44.7. The van der Waals surface area contributed by atoms with E-state index >= 15 is 0 Å². The zero-order chi connectivity index (χ0) is 14.6. The van der Waals surface area contributed by atoms with Crippen molar-refractivity contribution in [2.24, 2.45) is 0 Å². The third-order valence-corrected chi connectivity index (χ3v) is 2.25. The highest BCUT2D eigenvalue weighted by molar-refractivity contribution is 5.94. The Kier molecular flexibility index (Phi) is 4.76. The van der Waals surface area contributed by atoms with Gasteiger partial charge in [0.15, 0.2) is 6.61 Å². The molecule has 0 fully saturated rings. The van der Waals surface area contributed by atoms with E-state index in [2.05, 4.69) is 14.8 Å². The molecule has 0 aliphatic rings. The van der Waals surface area contributed by atoms with Crippen molar-refractivity contribution in [3.63, 3.8) is 0 Å². The molecule has 3 N–H and O–H groups in total. The summed E-state index contributed by atoms with van der Waals surface area (Å²) in [6.45, 7) is 4.54. The number of aromatic nitrogens is 2. The molecular weight excluding hydrogens is 254 g/mol. The first-order chi connectivity index (χ1) is 8.82. The van der Waals surface area contributed by atoms with E-state index in [0.717, 1.165) is 0 Å². The number of carboxylic acids is 1. The van der Waals surface area contributed by atoms with E-state index in [1.165, 1.54) is 6.92 Å². The van der Waals surface area contributed by atoms with Crippen molar-refractivity contribution in [3.05, 3.63) is 27.4 Å². The number of carbonyl (C=O) groups is 2. The van der Waals surface area contributed by atoms with E-state index in [9.17, 15) is 14.4 Å². The average molecular weight is 269 g/mol. The van der Waals surface area contributed by atoms with Gasteiger partial charge in [-0.15, -0.1) is 0 Å². The van der Waals surface area contributed by atoms with Gasteiger partial charge in [-0.25, -0.2) is 15.3 Å². The summed E-state index contributed by atoms with van der Waals surface area (Å²) in [6, 6.07) is 0. The Morgan fingerprint density at radius 2 is 2.11 bits per heavy atom. The molecule has 0 aliphatic heterocycles. The van der Waals surface area contributed by atoms with Gasteiger partial charge in [0, 0.05) is 5.92 Å². The smallest absolute Gasteiger partial charge is 0.332 e. The maximum Gasteiger partial charge on any atom is 0.332 e. The Morgan fingerprint density at radius 3 is 2.58 bits per heavy atom. The van der Waals surface area contributed by atoms with Crippen molar-refractivity contribution < 1.29 is 19.5 Å². The lowest BCUT2D eigenvalue weighted by Gasteiger charge is -2.09. The second kappa shape index (κ2) is 6.10. The van der Waals surface area contributed by atoms with Gasteiger partial charge >= 0.3 is 5.97 Å². The largest absolute Gasteiger partial charge is 0.479 e. The average Bonchev–Trinajstić information content (AvgIpc) is 2.27. The van der Waals surface area contributed by atoms with E-state index in [0.29, 0.717) is 5.82 Å². The molecule has 0 radical (unpaired) electrons. The molecule has 8 nitrogen and oxygen atoms in total. The Bertz CT molecular complexity index is 550. The van der Waals surface area contributed by atoms with Crippen molar-refractivity contribution in [1.29, 1.82) is 0 Å². The fraction of sp³-hybridized carbons (Fsp3) is 0.455. The number of aryl methyl sites for hydroxylation is 1. The van der Waals surface area contributed by atoms with Crippen LogP contribution in [0.4, 0.5) is 0 Å². The lowest BCUT2D eigenvalue weighted by Crippen LogP contribution is -2.33. The number of aromatic amines is 1. The Balaban J connectivity index is 2.92. The molecule has 0 atom stereocenters. The third kappa shape index (κ3) is 3.88. The predicted molar refractivity (Wildman–Crippen MR) is 64.7 cm³/mol. The van der Waals surface area contributed by atoms with E-state index in [1.54, 1.807) is 0 Å². The molecule has 19 heavy (non-hydrogen) atoms. The van der Waals surface area contributed by atoms with Crippen molar-refractivity contribution in [1.82, 2.24) is 15.4 Å². The summed E-state index contributed by atoms with van der Waals surface area (Å²) in [5, 5.41) is 8.35. The minimum absolute atomic E-state index is 0.0202. The van der Waals surface area contributed by atoms with Crippen molar-refractivity contribution in [2.45, 2.75) is 26.7 Å². The molecule has 0 saturated heterocycles. The Morgan fingerprint density at radius 1 is 1.47 bits per heavy atom. The van der Waals surface area contributed by atoms with Gasteiger partial charge in [-0.3, -0.25) is 14.4 Å². The summed E-state index contributed by atoms with van der Waals surface area (Å²) in [6.07, 6.45) is 0. The number of nitrogens with one attached hydrogen (secondary N) is 2. The quantitative estimate of drug-likeness (QED) is 0.644. The topological polar surface area (TPSA) is 121 Å². The maximum absolute atomic E-state index is 11.8. The molecule has 1 aromatic rings. The molecule has 1 aromatic heterocycles. The lowest BCUT2D eigenvalue weighted by atomic mass is 10.1. The maximum atomic E-state index is 11.8. The number of amides is 1. The van der Waals surface area contributed by atoms with Crippen LogP contribution in [0.3, 0.4) is 0 Å². The highest BCUT2D eigenvalue weighted by Gasteiger charge is 2.17. The molecule has 104 valence electrons. The van der Waals surface area contributed by atoms with E-state index < -0.39 is 24.0 Å². The van der Waals surface area contributed by atoms with Crippen LogP contribution in [0.1, 0.15) is 41.6 Å². The highest BCUT2D eigenvalue weighted by Crippen LogP contribution is 2.08. The molecule has 0 aliphatic carbocycles. The number of carbonyl (C=O) groups excluding carboxylic acids is 1. The van der Waals surface area contributed by atoms with E-state index in [-0.39, 0.29) is 17.2 Å². The zero-order valence-electron chi connectivity index (χ0n) is 10.8. The SMILES string of the molecule is Cc1nc(C(C)C)[nH]c(=O)c1C(=O)NOCC(=O)O. The fourth-order valence-corrected chi connectivity index (χ4v) is 1.36. The van der Waals surface area contributed by atoms with Gasteiger partial charge < -0.3 is 10.1 Å². The van der Waals surface area contributed by atoms with Gasteiger partial charge in [-0.05, 0) is 6.92 Å². The standard InChI is InChI=1S/C11H15N3O5/c1-5(2)9-12-6(3)8(10(17)13-9)11(18)14-19-4-7(15)16/h5H,4H2,1-3H3,(H,14,18)(H,15,16)(H,12,13,17). The number of rotatable bonds is 5. The van der Waals surface area contributed by atoms with Crippen molar-refractivity contribution >= 4 is 11.9 Å². The number of carboxylic acid groups (broad SMARTS) is 1. The summed E-state index contributed by atoms with van der Waals surface area (Å²) >= 11 is 0. The molecule has 0 saturated carbocycles. The second-order valence-corrected chi connectivity index (χ2v) is 4.18. The Labute approximate surface area is 108 Å². The van der Waals surface area contributed by atoms with Crippen LogP contribution in [-0.4, -0.2) is 33.6 Å². The van der Waals surface area contributed by atoms with E-state index in [1.807, 2.05) is 19.3 Å². The predicted octanol–water partition coefficient (Wildman–Crippen LogP) is -0.0523. The first-order valence-electron chi connectivity index (χ1n) is 5.57. The molecule has 0 spiro atoms. The van der Waals surface area contributed by atoms with Gasteiger partial charge in [-0.2, -0.15) is 0 Å². The van der Waals surface area contributed by atoms with Crippen LogP contribution in [0.25, 0.3) is 0 Å². The summed E-state index contributed by atoms with van der Waals surface area (Å²) in [5.74, 6) is -1.57. The fourth-order valence-electron chi connectivity index (χ4n) is 1.36. The van der Waals surface area contributed by atoms with Gasteiger partial charge in [0.25, 0.3) is 11.5 Å². The first kappa shape index (κ1) is 14.8. The minimum Gasteiger partial charge on any atom is -0.479 e. The zero-order valence-corrected chi connectivity index (χ0v) is 10.8. The highest BCUT2D eigenvalue weighted by atomic mass is 16.7. The summed E-state index contributed by atoms with van der Waals surface area (Å²) < 4.78 is 0. The molecule has 0 aromatic carbocycles. The normalized spacial score (nSPS) is 10.5. The number of H-pyrrole nitrogens is 1. The third-order valence-electron chi connectivity index (χ3n) is 2.25. The van der Waals surface area contributed by atoms with Gasteiger partial charge in [0.05, 0.1) is 5.69 Å². The monoisotopic (exact) mass is 269 g/mol. The van der Waals surface area contributed by atoms with Crippen LogP contribution in [0.2, 0.25) is 0 Å². The van der Waals surface area contributed by atoms with Crippen LogP contribution in [0.15, 0.2) is 4.79 Å². The number of hydrogen-bond acceptors (Lipinski definition) is 5. The van der Waals surface area contributed by atoms with Crippen molar-refractivity contribution in [2.75, 3.05) is 6.61 Å². The molecule has 0 unspecified atom stereocenters. The van der Waals surface area contributed by atoms with Gasteiger partial charge in [0.2, 0.25) is 0 Å². The molecule has 1 rings (SSSR count). The Hall–Kier alpha value is -2.22. The van der Waals surface area contributed by atoms with Crippen LogP contribution in [0, 0.1) is 6.92 Å². The van der Waals surface area contributed by atoms with Crippen LogP contribution >= 0.6 is 0 Å².